The number of aliphatic imine (C=N–C) groups is 1. The Morgan fingerprint density at radius 1 is 1.12 bits per heavy atom. The molecule has 0 amide bonds. The van der Waals surface area contributed by atoms with Gasteiger partial charge in [-0.3, -0.25) is 4.79 Å². The largest absolute Gasteiger partial charge is 0.573 e. The van der Waals surface area contributed by atoms with Crippen LogP contribution in [-0.2, 0) is 0 Å². The van der Waals surface area contributed by atoms with E-state index in [2.05, 4.69) is 24.7 Å². The van der Waals surface area contributed by atoms with Gasteiger partial charge in [-0.15, -0.1) is 13.2 Å². The van der Waals surface area contributed by atoms with E-state index in [9.17, 15) is 26.7 Å². The topological polar surface area (TPSA) is 119 Å². The van der Waals surface area contributed by atoms with E-state index in [-0.39, 0.29) is 34.4 Å². The molecule has 0 saturated heterocycles. The van der Waals surface area contributed by atoms with E-state index in [0.717, 1.165) is 16.8 Å². The van der Waals surface area contributed by atoms with E-state index < -0.39 is 24.2 Å². The number of hydrogen-bond donors (Lipinski definition) is 1. The maximum Gasteiger partial charge on any atom is 0.573 e. The molecular formula is C26H21F5N6O4. The summed E-state index contributed by atoms with van der Waals surface area (Å²) in [4.78, 5) is 17.1. The molecule has 0 unspecified atom stereocenters. The van der Waals surface area contributed by atoms with Crippen molar-refractivity contribution in [3.63, 3.8) is 0 Å². The predicted molar refractivity (Wildman–Crippen MR) is 137 cm³/mol. The number of nitrogens with two attached hydrogens (primary N) is 1. The van der Waals surface area contributed by atoms with Crippen LogP contribution in [0.3, 0.4) is 0 Å². The second kappa shape index (κ2) is 11.9. The fraction of sp³-hybridized carbons (Fsp3) is 0.154. The predicted octanol–water partition coefficient (Wildman–Crippen LogP) is 4.91. The molecule has 2 aromatic heterocycles. The van der Waals surface area contributed by atoms with Crippen molar-refractivity contribution in [2.24, 2.45) is 10.7 Å². The van der Waals surface area contributed by atoms with E-state index in [1.54, 1.807) is 6.07 Å². The van der Waals surface area contributed by atoms with Crippen molar-refractivity contribution in [1.82, 2.24) is 19.6 Å². The van der Waals surface area contributed by atoms with E-state index in [1.807, 2.05) is 0 Å². The number of aromatic nitrogens is 4. The van der Waals surface area contributed by atoms with Crippen LogP contribution in [0.1, 0.15) is 12.6 Å². The molecule has 4 rings (SSSR count). The fourth-order valence-electron chi connectivity index (χ4n) is 3.63. The molecule has 15 heteroatoms. The number of ether oxygens (including phenoxy) is 3. The maximum absolute atomic E-state index is 12.8. The minimum Gasteiger partial charge on any atom is -0.494 e. The number of rotatable bonds is 9. The zero-order valence-electron chi connectivity index (χ0n) is 21.3. The molecule has 0 aliphatic rings. The van der Waals surface area contributed by atoms with Gasteiger partial charge in [-0.1, -0.05) is 6.07 Å². The monoisotopic (exact) mass is 576 g/mol. The fourth-order valence-corrected chi connectivity index (χ4v) is 3.63. The van der Waals surface area contributed by atoms with E-state index in [4.69, 9.17) is 10.5 Å². The zero-order valence-corrected chi connectivity index (χ0v) is 21.3. The molecule has 2 heterocycles. The number of alkyl halides is 5. The SMILES string of the molecule is COc1cc(-n2nccc2OC(F)F)ccc1-n1ccc(=O)c(C(C=C(C)N)=Nc2cccc(OC(F)(F)F)c2)n1. The van der Waals surface area contributed by atoms with Crippen molar-refractivity contribution in [2.45, 2.75) is 19.9 Å². The van der Waals surface area contributed by atoms with Gasteiger partial charge < -0.3 is 19.9 Å². The Labute approximate surface area is 228 Å². The second-order valence-corrected chi connectivity index (χ2v) is 8.22. The molecule has 2 aromatic carbocycles. The van der Waals surface area contributed by atoms with Crippen molar-refractivity contribution < 1.29 is 36.2 Å². The van der Waals surface area contributed by atoms with Crippen LogP contribution in [0, 0.1) is 0 Å². The molecule has 0 radical (unpaired) electrons. The first-order valence-corrected chi connectivity index (χ1v) is 11.6. The van der Waals surface area contributed by atoms with E-state index in [0.29, 0.717) is 11.4 Å². The summed E-state index contributed by atoms with van der Waals surface area (Å²) in [5, 5.41) is 8.36. The number of halogens is 5. The van der Waals surface area contributed by atoms with Crippen LogP contribution in [0.5, 0.6) is 17.4 Å². The molecule has 4 aromatic rings. The first kappa shape index (κ1) is 28.8. The lowest BCUT2D eigenvalue weighted by molar-refractivity contribution is -0.274. The van der Waals surface area contributed by atoms with Gasteiger partial charge in [-0.25, -0.2) is 14.4 Å². The summed E-state index contributed by atoms with van der Waals surface area (Å²) >= 11 is 0. The number of nitrogens with zero attached hydrogens (tertiary/aromatic N) is 5. The Balaban J connectivity index is 1.77. The minimum atomic E-state index is -4.91. The van der Waals surface area contributed by atoms with Gasteiger partial charge in [0.15, 0.2) is 5.69 Å². The molecule has 41 heavy (non-hydrogen) atoms. The van der Waals surface area contributed by atoms with Gasteiger partial charge in [0.05, 0.1) is 30.4 Å². The first-order chi connectivity index (χ1) is 19.4. The van der Waals surface area contributed by atoms with Crippen molar-refractivity contribution in [3.8, 4) is 28.8 Å². The molecule has 0 aliphatic heterocycles. The van der Waals surface area contributed by atoms with Crippen LogP contribution in [0.15, 0.2) is 88.6 Å². The molecule has 0 saturated carbocycles. The molecule has 0 atom stereocenters. The van der Waals surface area contributed by atoms with E-state index in [1.165, 1.54) is 73.6 Å². The summed E-state index contributed by atoms with van der Waals surface area (Å²) in [5.41, 5.74) is 6.02. The van der Waals surface area contributed by atoms with Crippen molar-refractivity contribution in [2.75, 3.05) is 7.11 Å². The van der Waals surface area contributed by atoms with Gasteiger partial charge in [-0.2, -0.15) is 19.0 Å². The van der Waals surface area contributed by atoms with Crippen LogP contribution in [0.25, 0.3) is 11.4 Å². The summed E-state index contributed by atoms with van der Waals surface area (Å²) in [7, 11) is 1.37. The zero-order chi connectivity index (χ0) is 29.7. The lowest BCUT2D eigenvalue weighted by atomic mass is 10.2. The molecule has 0 aliphatic carbocycles. The summed E-state index contributed by atoms with van der Waals surface area (Å²) in [6.45, 7) is -1.53. The third-order valence-electron chi connectivity index (χ3n) is 5.19. The highest BCUT2D eigenvalue weighted by Crippen LogP contribution is 2.29. The Hall–Kier alpha value is -5.21. The molecule has 10 nitrogen and oxygen atoms in total. The highest BCUT2D eigenvalue weighted by atomic mass is 19.4. The van der Waals surface area contributed by atoms with Gasteiger partial charge in [0.1, 0.15) is 17.2 Å². The normalized spacial score (nSPS) is 12.5. The van der Waals surface area contributed by atoms with Gasteiger partial charge in [0.2, 0.25) is 11.3 Å². The van der Waals surface area contributed by atoms with Crippen molar-refractivity contribution in [1.29, 1.82) is 0 Å². The number of benzene rings is 2. The van der Waals surface area contributed by atoms with Crippen LogP contribution < -0.4 is 25.4 Å². The maximum atomic E-state index is 12.8. The van der Waals surface area contributed by atoms with Gasteiger partial charge >= 0.3 is 13.0 Å². The van der Waals surface area contributed by atoms with E-state index >= 15 is 0 Å². The Kier molecular flexibility index (Phi) is 8.35. The van der Waals surface area contributed by atoms with Gasteiger partial charge in [0, 0.05) is 36.2 Å². The standard InChI is InChI=1S/C26H21F5N6O4/c1-15(32)12-19(34-16-4-3-5-18(13-16)41-26(29,30)31)24-21(38)9-11-36(35-24)20-7-6-17(14-22(20)39-2)37-23(8-10-33-37)40-25(27)28/h3-14,25H,32H2,1-2H3. The number of methoxy groups -OCH3 is 1. The molecule has 2 N–H and O–H groups in total. The number of hydrogen-bond acceptors (Lipinski definition) is 8. The van der Waals surface area contributed by atoms with Crippen LogP contribution >= 0.6 is 0 Å². The van der Waals surface area contributed by atoms with Gasteiger partial charge in [0.25, 0.3) is 0 Å². The summed E-state index contributed by atoms with van der Waals surface area (Å²) in [6, 6.07) is 11.9. The third kappa shape index (κ3) is 7.26. The molecule has 0 fully saturated rings. The third-order valence-corrected chi connectivity index (χ3v) is 5.19. The average molecular weight is 576 g/mol. The highest BCUT2D eigenvalue weighted by molar-refractivity contribution is 6.08. The lowest BCUT2D eigenvalue weighted by Gasteiger charge is -2.14. The first-order valence-electron chi connectivity index (χ1n) is 11.6. The smallest absolute Gasteiger partial charge is 0.494 e. The van der Waals surface area contributed by atoms with Crippen LogP contribution in [0.4, 0.5) is 27.6 Å². The molecule has 214 valence electrons. The molecule has 0 bridgehead atoms. The highest BCUT2D eigenvalue weighted by Gasteiger charge is 2.31. The van der Waals surface area contributed by atoms with Crippen LogP contribution in [0.2, 0.25) is 0 Å². The Morgan fingerprint density at radius 2 is 1.90 bits per heavy atom. The average Bonchev–Trinajstić information content (AvgIpc) is 3.34. The molecular weight excluding hydrogens is 555 g/mol. The summed E-state index contributed by atoms with van der Waals surface area (Å²) in [6.07, 6.45) is -0.922. The van der Waals surface area contributed by atoms with Crippen molar-refractivity contribution >= 4 is 11.4 Å². The molecule has 0 spiro atoms. The lowest BCUT2D eigenvalue weighted by Crippen LogP contribution is -2.21. The van der Waals surface area contributed by atoms with Crippen molar-refractivity contribution in [3.05, 3.63) is 94.7 Å². The number of allylic oxidation sites excluding steroid dienone is 2. The van der Waals surface area contributed by atoms with Gasteiger partial charge in [-0.05, 0) is 37.3 Å². The summed E-state index contributed by atoms with van der Waals surface area (Å²) in [5.74, 6) is -0.480. The Bertz CT molecular complexity index is 1660. The summed E-state index contributed by atoms with van der Waals surface area (Å²) < 4.78 is 79.9. The Morgan fingerprint density at radius 3 is 2.59 bits per heavy atom. The van der Waals surface area contributed by atoms with Crippen LogP contribution in [-0.4, -0.2) is 45.4 Å². The second-order valence-electron chi connectivity index (χ2n) is 8.22. The quantitative estimate of drug-likeness (QED) is 0.222. The minimum absolute atomic E-state index is 0.0329.